The van der Waals surface area contributed by atoms with Crippen LogP contribution in [0.4, 0.5) is 0 Å². The molecular weight excluding hydrogens is 238 g/mol. The smallest absolute Gasteiger partial charge is 0.0826 e. The highest BCUT2D eigenvalue weighted by Gasteiger charge is 2.35. The van der Waals surface area contributed by atoms with Crippen molar-refractivity contribution in [2.75, 3.05) is 39.8 Å². The van der Waals surface area contributed by atoms with Gasteiger partial charge in [0.1, 0.15) is 0 Å². The molecule has 3 aliphatic rings. The van der Waals surface area contributed by atoms with E-state index in [1.54, 1.807) is 0 Å². The summed E-state index contributed by atoms with van der Waals surface area (Å²) in [5.74, 6) is 0.851. The van der Waals surface area contributed by atoms with Crippen LogP contribution in [-0.2, 0) is 4.74 Å². The number of rotatable bonds is 4. The molecule has 4 atom stereocenters. The van der Waals surface area contributed by atoms with Gasteiger partial charge < -0.3 is 20.3 Å². The maximum absolute atomic E-state index is 5.85. The highest BCUT2D eigenvalue weighted by atomic mass is 16.5. The fourth-order valence-electron chi connectivity index (χ4n) is 4.07. The van der Waals surface area contributed by atoms with Gasteiger partial charge in [0.05, 0.1) is 12.7 Å². The summed E-state index contributed by atoms with van der Waals surface area (Å²) in [6, 6.07) is 1.49. The second-order valence-electron chi connectivity index (χ2n) is 6.57. The fraction of sp³-hybridized carbons (Fsp3) is 1.00. The van der Waals surface area contributed by atoms with Crippen LogP contribution in [0.1, 0.15) is 32.1 Å². The molecular formula is C15H29N3O. The van der Waals surface area contributed by atoms with Crippen LogP contribution in [0.2, 0.25) is 0 Å². The van der Waals surface area contributed by atoms with E-state index in [-0.39, 0.29) is 0 Å². The van der Waals surface area contributed by atoms with Crippen molar-refractivity contribution in [3.63, 3.8) is 0 Å². The molecule has 0 aromatic carbocycles. The Morgan fingerprint density at radius 1 is 1.26 bits per heavy atom. The lowest BCUT2D eigenvalue weighted by molar-refractivity contribution is -0.0199. The average molecular weight is 267 g/mol. The Bertz CT molecular complexity index is 281. The van der Waals surface area contributed by atoms with E-state index in [2.05, 4.69) is 22.6 Å². The van der Waals surface area contributed by atoms with Gasteiger partial charge in [-0.05, 0) is 45.2 Å². The van der Waals surface area contributed by atoms with E-state index in [4.69, 9.17) is 4.74 Å². The molecule has 1 aliphatic carbocycles. The van der Waals surface area contributed by atoms with Gasteiger partial charge in [0.2, 0.25) is 0 Å². The summed E-state index contributed by atoms with van der Waals surface area (Å²) in [7, 11) is 2.19. The predicted octanol–water partition coefficient (Wildman–Crippen LogP) is 0.827. The summed E-state index contributed by atoms with van der Waals surface area (Å²) in [5.41, 5.74) is 0. The Kier molecular flexibility index (Phi) is 4.74. The maximum atomic E-state index is 5.85. The first-order valence-electron chi connectivity index (χ1n) is 8.10. The van der Waals surface area contributed by atoms with E-state index in [1.807, 2.05) is 0 Å². The highest BCUT2D eigenvalue weighted by molar-refractivity contribution is 4.93. The second kappa shape index (κ2) is 6.53. The lowest BCUT2D eigenvalue weighted by Crippen LogP contribution is -2.49. The quantitative estimate of drug-likeness (QED) is 0.791. The summed E-state index contributed by atoms with van der Waals surface area (Å²) in [6.45, 7) is 5.30. The minimum absolute atomic E-state index is 0.386. The summed E-state index contributed by atoms with van der Waals surface area (Å²) in [4.78, 5) is 2.38. The summed E-state index contributed by atoms with van der Waals surface area (Å²) in [5, 5.41) is 7.50. The largest absolute Gasteiger partial charge is 0.374 e. The Morgan fingerprint density at radius 3 is 3.00 bits per heavy atom. The molecule has 2 heterocycles. The van der Waals surface area contributed by atoms with E-state index >= 15 is 0 Å². The van der Waals surface area contributed by atoms with Crippen molar-refractivity contribution < 1.29 is 4.74 Å². The molecule has 19 heavy (non-hydrogen) atoms. The van der Waals surface area contributed by atoms with Crippen molar-refractivity contribution in [3.8, 4) is 0 Å². The molecule has 4 unspecified atom stereocenters. The van der Waals surface area contributed by atoms with Crippen LogP contribution in [-0.4, -0.2) is 62.9 Å². The first-order valence-corrected chi connectivity index (χ1v) is 8.10. The van der Waals surface area contributed by atoms with E-state index in [9.17, 15) is 0 Å². The summed E-state index contributed by atoms with van der Waals surface area (Å²) in [6.07, 6.45) is 7.28. The third-order valence-electron chi connectivity index (χ3n) is 5.13. The number of nitrogens with one attached hydrogen (secondary N) is 2. The SMILES string of the molecule is CN1CCOC(CNC2CCCC2C2CCCN2)C1. The van der Waals surface area contributed by atoms with Gasteiger partial charge in [0.15, 0.2) is 0 Å². The van der Waals surface area contributed by atoms with Crippen LogP contribution >= 0.6 is 0 Å². The van der Waals surface area contributed by atoms with Crippen molar-refractivity contribution in [2.45, 2.75) is 50.3 Å². The molecule has 2 N–H and O–H groups in total. The normalized spacial score (nSPS) is 40.9. The van der Waals surface area contributed by atoms with Crippen LogP contribution in [0.15, 0.2) is 0 Å². The Morgan fingerprint density at radius 2 is 2.21 bits per heavy atom. The van der Waals surface area contributed by atoms with Gasteiger partial charge in [-0.3, -0.25) is 0 Å². The Labute approximate surface area is 117 Å². The van der Waals surface area contributed by atoms with E-state index in [0.717, 1.165) is 38.2 Å². The van der Waals surface area contributed by atoms with E-state index < -0.39 is 0 Å². The summed E-state index contributed by atoms with van der Waals surface area (Å²) >= 11 is 0. The molecule has 2 saturated heterocycles. The molecule has 0 bridgehead atoms. The number of ether oxygens (including phenoxy) is 1. The molecule has 0 amide bonds. The van der Waals surface area contributed by atoms with Crippen LogP contribution in [0.3, 0.4) is 0 Å². The molecule has 0 aromatic rings. The van der Waals surface area contributed by atoms with Gasteiger partial charge in [-0.1, -0.05) is 6.42 Å². The zero-order valence-electron chi connectivity index (χ0n) is 12.2. The highest BCUT2D eigenvalue weighted by Crippen LogP contribution is 2.31. The van der Waals surface area contributed by atoms with Gasteiger partial charge >= 0.3 is 0 Å². The Hall–Kier alpha value is -0.160. The van der Waals surface area contributed by atoms with Gasteiger partial charge in [-0.25, -0.2) is 0 Å². The minimum atomic E-state index is 0.386. The number of likely N-dealkylation sites (N-methyl/N-ethyl adjacent to an activating group) is 1. The lowest BCUT2D eigenvalue weighted by Gasteiger charge is -2.32. The van der Waals surface area contributed by atoms with Crippen molar-refractivity contribution in [2.24, 2.45) is 5.92 Å². The predicted molar refractivity (Wildman–Crippen MR) is 77.4 cm³/mol. The first-order chi connectivity index (χ1) is 9.33. The maximum Gasteiger partial charge on any atom is 0.0826 e. The van der Waals surface area contributed by atoms with Gasteiger partial charge in [-0.2, -0.15) is 0 Å². The lowest BCUT2D eigenvalue weighted by atomic mass is 9.93. The second-order valence-corrected chi connectivity index (χ2v) is 6.57. The molecule has 1 saturated carbocycles. The Balaban J connectivity index is 1.45. The van der Waals surface area contributed by atoms with Crippen LogP contribution in [0.5, 0.6) is 0 Å². The van der Waals surface area contributed by atoms with Crippen LogP contribution < -0.4 is 10.6 Å². The third kappa shape index (κ3) is 3.48. The van der Waals surface area contributed by atoms with Crippen molar-refractivity contribution in [1.29, 1.82) is 0 Å². The van der Waals surface area contributed by atoms with Gasteiger partial charge in [0.25, 0.3) is 0 Å². The van der Waals surface area contributed by atoms with Gasteiger partial charge in [0, 0.05) is 31.7 Å². The molecule has 4 nitrogen and oxygen atoms in total. The number of hydrogen-bond acceptors (Lipinski definition) is 4. The van der Waals surface area contributed by atoms with E-state index in [0.29, 0.717) is 12.1 Å². The van der Waals surface area contributed by atoms with Crippen molar-refractivity contribution >= 4 is 0 Å². The first kappa shape index (κ1) is 13.8. The van der Waals surface area contributed by atoms with Gasteiger partial charge in [-0.15, -0.1) is 0 Å². The number of morpholine rings is 1. The monoisotopic (exact) mass is 267 g/mol. The molecule has 2 aliphatic heterocycles. The van der Waals surface area contributed by atoms with Crippen molar-refractivity contribution in [3.05, 3.63) is 0 Å². The minimum Gasteiger partial charge on any atom is -0.374 e. The topological polar surface area (TPSA) is 36.5 Å². The standard InChI is InChI=1S/C15H29N3O/c1-18-8-9-19-12(11-18)10-17-15-5-2-4-13(15)14-6-3-7-16-14/h12-17H,2-11H2,1H3. The fourth-order valence-corrected chi connectivity index (χ4v) is 4.07. The third-order valence-corrected chi connectivity index (χ3v) is 5.13. The molecule has 0 aromatic heterocycles. The number of nitrogens with zero attached hydrogens (tertiary/aromatic N) is 1. The van der Waals surface area contributed by atoms with E-state index in [1.165, 1.54) is 38.6 Å². The molecule has 3 fully saturated rings. The molecule has 110 valence electrons. The number of hydrogen-bond donors (Lipinski definition) is 2. The van der Waals surface area contributed by atoms with Crippen LogP contribution in [0.25, 0.3) is 0 Å². The zero-order valence-corrected chi connectivity index (χ0v) is 12.2. The molecule has 0 spiro atoms. The van der Waals surface area contributed by atoms with Crippen molar-refractivity contribution in [1.82, 2.24) is 15.5 Å². The van der Waals surface area contributed by atoms with Crippen LogP contribution in [0, 0.1) is 5.92 Å². The molecule has 0 radical (unpaired) electrons. The molecule has 3 rings (SSSR count). The average Bonchev–Trinajstić information content (AvgIpc) is 3.07. The summed E-state index contributed by atoms with van der Waals surface area (Å²) < 4.78 is 5.85. The molecule has 4 heteroatoms. The zero-order chi connectivity index (χ0) is 13.1.